The van der Waals surface area contributed by atoms with Crippen LogP contribution in [-0.2, 0) is 6.54 Å². The van der Waals surface area contributed by atoms with Crippen molar-refractivity contribution < 1.29 is 13.2 Å². The number of rotatable bonds is 3. The molecule has 78 valence electrons. The molecule has 0 amide bonds. The highest BCUT2D eigenvalue weighted by molar-refractivity contribution is 9.10. The summed E-state index contributed by atoms with van der Waals surface area (Å²) in [7, 11) is 0. The average Bonchev–Trinajstić information content (AvgIpc) is 2.01. The van der Waals surface area contributed by atoms with E-state index in [0.717, 1.165) is 4.47 Å². The topological polar surface area (TPSA) is 24.9 Å². The van der Waals surface area contributed by atoms with Gasteiger partial charge in [-0.25, -0.2) is 0 Å². The fourth-order valence-corrected chi connectivity index (χ4v) is 1.31. The van der Waals surface area contributed by atoms with Crippen molar-refractivity contribution in [3.63, 3.8) is 0 Å². The maximum Gasteiger partial charge on any atom is 0.401 e. The van der Waals surface area contributed by atoms with Crippen LogP contribution in [0.15, 0.2) is 22.9 Å². The smallest absolute Gasteiger partial charge is 0.305 e. The molecule has 1 heterocycles. The highest BCUT2D eigenvalue weighted by atomic mass is 79.9. The van der Waals surface area contributed by atoms with Crippen molar-refractivity contribution in [3.05, 3.63) is 28.5 Å². The molecule has 2 nitrogen and oxygen atoms in total. The summed E-state index contributed by atoms with van der Waals surface area (Å²) >= 11 is 3.18. The minimum Gasteiger partial charge on any atom is -0.305 e. The molecule has 0 aliphatic carbocycles. The van der Waals surface area contributed by atoms with Crippen LogP contribution in [0, 0.1) is 0 Å². The molecule has 1 rings (SSSR count). The van der Waals surface area contributed by atoms with Crippen molar-refractivity contribution in [3.8, 4) is 0 Å². The molecule has 0 spiro atoms. The Morgan fingerprint density at radius 1 is 1.36 bits per heavy atom. The van der Waals surface area contributed by atoms with E-state index in [4.69, 9.17) is 0 Å². The molecule has 0 unspecified atom stereocenters. The molecular weight excluding hydrogens is 261 g/mol. The maximum atomic E-state index is 11.8. The van der Waals surface area contributed by atoms with Gasteiger partial charge in [0, 0.05) is 23.4 Å². The van der Waals surface area contributed by atoms with Crippen LogP contribution in [0.3, 0.4) is 0 Å². The molecule has 0 aromatic carbocycles. The Balaban J connectivity index is 2.39. The first-order chi connectivity index (χ1) is 6.47. The summed E-state index contributed by atoms with van der Waals surface area (Å²) in [4.78, 5) is 3.83. The lowest BCUT2D eigenvalue weighted by Gasteiger charge is -2.07. The number of hydrogen-bond acceptors (Lipinski definition) is 2. The fourth-order valence-electron chi connectivity index (χ4n) is 0.901. The molecule has 1 N–H and O–H groups in total. The molecule has 0 atom stereocenters. The second-order valence-corrected chi connectivity index (χ2v) is 3.65. The summed E-state index contributed by atoms with van der Waals surface area (Å²) in [5, 5.41) is 2.28. The third-order valence-corrected chi connectivity index (χ3v) is 1.85. The first-order valence-electron chi connectivity index (χ1n) is 3.84. The molecule has 0 saturated heterocycles. The molecule has 0 aliphatic heterocycles. The van der Waals surface area contributed by atoms with E-state index < -0.39 is 12.7 Å². The first-order valence-corrected chi connectivity index (χ1v) is 4.63. The van der Waals surface area contributed by atoms with Crippen LogP contribution >= 0.6 is 15.9 Å². The molecule has 0 fully saturated rings. The van der Waals surface area contributed by atoms with Crippen molar-refractivity contribution in [2.75, 3.05) is 6.54 Å². The van der Waals surface area contributed by atoms with Gasteiger partial charge >= 0.3 is 6.18 Å². The van der Waals surface area contributed by atoms with Gasteiger partial charge in [0.15, 0.2) is 0 Å². The average molecular weight is 269 g/mol. The van der Waals surface area contributed by atoms with Gasteiger partial charge in [0.25, 0.3) is 0 Å². The minimum absolute atomic E-state index is 0.159. The Kier molecular flexibility index (Phi) is 3.88. The van der Waals surface area contributed by atoms with E-state index >= 15 is 0 Å². The number of hydrogen-bond donors (Lipinski definition) is 1. The van der Waals surface area contributed by atoms with Crippen LogP contribution in [0.1, 0.15) is 5.56 Å². The van der Waals surface area contributed by atoms with Gasteiger partial charge in [0.1, 0.15) is 0 Å². The summed E-state index contributed by atoms with van der Waals surface area (Å²) in [6, 6.07) is 1.72. The lowest BCUT2D eigenvalue weighted by molar-refractivity contribution is -0.125. The van der Waals surface area contributed by atoms with Gasteiger partial charge < -0.3 is 5.32 Å². The maximum absolute atomic E-state index is 11.8. The Labute approximate surface area is 87.7 Å². The largest absolute Gasteiger partial charge is 0.401 e. The zero-order valence-electron chi connectivity index (χ0n) is 7.11. The summed E-state index contributed by atoms with van der Waals surface area (Å²) in [5.74, 6) is 0. The van der Waals surface area contributed by atoms with Crippen molar-refractivity contribution >= 4 is 15.9 Å². The van der Waals surface area contributed by atoms with E-state index in [-0.39, 0.29) is 6.54 Å². The Bertz CT molecular complexity index is 301. The van der Waals surface area contributed by atoms with E-state index in [0.29, 0.717) is 5.56 Å². The lowest BCUT2D eigenvalue weighted by atomic mass is 10.3. The molecule has 0 aliphatic rings. The van der Waals surface area contributed by atoms with E-state index in [1.165, 1.54) is 6.20 Å². The van der Waals surface area contributed by atoms with E-state index in [2.05, 4.69) is 26.2 Å². The Morgan fingerprint density at radius 3 is 2.64 bits per heavy atom. The predicted octanol–water partition coefficient (Wildman–Crippen LogP) is 2.50. The van der Waals surface area contributed by atoms with Gasteiger partial charge in [-0.3, -0.25) is 4.98 Å². The molecule has 0 bridgehead atoms. The molecule has 1 aromatic rings. The van der Waals surface area contributed by atoms with Gasteiger partial charge in [-0.1, -0.05) is 0 Å². The number of nitrogens with one attached hydrogen (secondary N) is 1. The summed E-state index contributed by atoms with van der Waals surface area (Å²) in [6.45, 7) is -0.828. The molecule has 0 radical (unpaired) electrons. The van der Waals surface area contributed by atoms with Crippen LogP contribution in [0.4, 0.5) is 13.2 Å². The molecule has 0 saturated carbocycles. The van der Waals surface area contributed by atoms with E-state index in [9.17, 15) is 13.2 Å². The van der Waals surface area contributed by atoms with E-state index in [1.807, 2.05) is 0 Å². The third-order valence-electron chi connectivity index (χ3n) is 1.42. The highest BCUT2D eigenvalue weighted by Crippen LogP contribution is 2.13. The van der Waals surface area contributed by atoms with Crippen molar-refractivity contribution in [1.82, 2.24) is 10.3 Å². The van der Waals surface area contributed by atoms with Crippen LogP contribution in [0.5, 0.6) is 0 Å². The quantitative estimate of drug-likeness (QED) is 0.911. The van der Waals surface area contributed by atoms with E-state index in [1.54, 1.807) is 12.3 Å². The second-order valence-electron chi connectivity index (χ2n) is 2.73. The summed E-state index contributed by atoms with van der Waals surface area (Å²) in [5.41, 5.74) is 0.712. The monoisotopic (exact) mass is 268 g/mol. The molecular formula is C8H8BrF3N2. The van der Waals surface area contributed by atoms with Crippen LogP contribution < -0.4 is 5.32 Å². The zero-order valence-corrected chi connectivity index (χ0v) is 8.69. The van der Waals surface area contributed by atoms with Crippen molar-refractivity contribution in [2.45, 2.75) is 12.7 Å². The molecule has 6 heteroatoms. The number of pyridine rings is 1. The SMILES string of the molecule is FC(F)(F)CNCc1cncc(Br)c1. The Hall–Kier alpha value is -0.620. The first kappa shape index (κ1) is 11.5. The number of aromatic nitrogens is 1. The summed E-state index contributed by atoms with van der Waals surface area (Å²) in [6.07, 6.45) is -1.07. The van der Waals surface area contributed by atoms with Crippen LogP contribution in [-0.4, -0.2) is 17.7 Å². The van der Waals surface area contributed by atoms with Crippen molar-refractivity contribution in [2.24, 2.45) is 0 Å². The lowest BCUT2D eigenvalue weighted by Crippen LogP contribution is -2.28. The zero-order chi connectivity index (χ0) is 10.6. The number of nitrogens with zero attached hydrogens (tertiary/aromatic N) is 1. The predicted molar refractivity (Wildman–Crippen MR) is 49.7 cm³/mol. The summed E-state index contributed by atoms with van der Waals surface area (Å²) < 4.78 is 36.0. The fraction of sp³-hybridized carbons (Fsp3) is 0.375. The van der Waals surface area contributed by atoms with Gasteiger partial charge in [-0.2, -0.15) is 13.2 Å². The highest BCUT2D eigenvalue weighted by Gasteiger charge is 2.25. The molecule has 14 heavy (non-hydrogen) atoms. The van der Waals surface area contributed by atoms with Gasteiger partial charge in [-0.15, -0.1) is 0 Å². The van der Waals surface area contributed by atoms with Crippen LogP contribution in [0.2, 0.25) is 0 Å². The van der Waals surface area contributed by atoms with Crippen molar-refractivity contribution in [1.29, 1.82) is 0 Å². The molecule has 1 aromatic heterocycles. The standard InChI is InChI=1S/C8H8BrF3N2/c9-7-1-6(2-13-4-7)3-14-5-8(10,11)12/h1-2,4,14H,3,5H2. The normalized spacial score (nSPS) is 11.7. The van der Waals surface area contributed by atoms with Gasteiger partial charge in [0.2, 0.25) is 0 Å². The van der Waals surface area contributed by atoms with Gasteiger partial charge in [-0.05, 0) is 27.6 Å². The van der Waals surface area contributed by atoms with Gasteiger partial charge in [0.05, 0.1) is 6.54 Å². The number of alkyl halides is 3. The van der Waals surface area contributed by atoms with Crippen LogP contribution in [0.25, 0.3) is 0 Å². The number of halogens is 4. The Morgan fingerprint density at radius 2 is 2.07 bits per heavy atom. The third kappa shape index (κ3) is 4.57. The minimum atomic E-state index is -4.17. The second kappa shape index (κ2) is 4.75.